The predicted octanol–water partition coefficient (Wildman–Crippen LogP) is 7.12. The summed E-state index contributed by atoms with van der Waals surface area (Å²) in [6.45, 7) is 10.7. The van der Waals surface area contributed by atoms with Crippen molar-refractivity contribution in [2.75, 3.05) is 75.5 Å². The Balaban J connectivity index is 1.23. The van der Waals surface area contributed by atoms with E-state index in [1.165, 1.54) is 78.7 Å². The molecule has 8 rings (SSSR count). The van der Waals surface area contributed by atoms with E-state index in [2.05, 4.69) is 16.0 Å². The number of rotatable bonds is 14. The number of halogens is 7. The molecule has 5 saturated carbocycles. The summed E-state index contributed by atoms with van der Waals surface area (Å²) in [5.74, 6) is -17.7. The van der Waals surface area contributed by atoms with Crippen LogP contribution in [-0.4, -0.2) is 287 Å². The Kier molecular flexibility index (Phi) is 29.6. The molecular weight excluding hydrogens is 1450 g/mol. The van der Waals surface area contributed by atoms with Crippen molar-refractivity contribution in [3.05, 3.63) is 12.2 Å². The molecule has 0 aromatic heterocycles. The Bertz CT molecular complexity index is 3340. The van der Waals surface area contributed by atoms with Crippen LogP contribution in [0.5, 0.6) is 0 Å². The summed E-state index contributed by atoms with van der Waals surface area (Å²) in [6.07, 6.45) is -8.53. The zero-order chi connectivity index (χ0) is 81.6. The van der Waals surface area contributed by atoms with E-state index < -0.39 is 254 Å². The highest BCUT2D eigenvalue weighted by atomic mass is 19.4. The summed E-state index contributed by atoms with van der Waals surface area (Å²) >= 11 is 0. The molecule has 0 aromatic rings. The second kappa shape index (κ2) is 36.8. The summed E-state index contributed by atoms with van der Waals surface area (Å²) < 4.78 is 109. The molecule has 3 N–H and O–H groups in total. The molecule has 8 aliphatic rings. The number of carbonyl (C=O) groups excluding carboxylic acids is 12. The molecule has 12 amide bonds. The molecule has 2 unspecified atom stereocenters. The molecule has 0 radical (unpaired) electrons. The molecule has 620 valence electrons. The first-order chi connectivity index (χ1) is 51.4. The van der Waals surface area contributed by atoms with Crippen LogP contribution in [0.3, 0.4) is 0 Å². The first-order valence-corrected chi connectivity index (χ1v) is 39.8. The molecule has 25 nitrogen and oxygen atoms in total. The van der Waals surface area contributed by atoms with E-state index in [1.807, 2.05) is 20.8 Å². The van der Waals surface area contributed by atoms with E-state index in [9.17, 15) is 45.9 Å². The maximum Gasteiger partial charge on any atom is 0.397 e. The monoisotopic (exact) mass is 1570 g/mol. The van der Waals surface area contributed by atoms with Crippen LogP contribution in [0.2, 0.25) is 0 Å². The number of hydrogen-bond acceptors (Lipinski definition) is 13. The lowest BCUT2D eigenvalue weighted by Crippen LogP contribution is -2.71. The molecule has 5 aliphatic carbocycles. The molecule has 32 heteroatoms. The average Bonchev–Trinajstić information content (AvgIpc) is 0.889. The first kappa shape index (κ1) is 88.4. The smallest absolute Gasteiger partial charge is 0.374 e. The van der Waals surface area contributed by atoms with Crippen molar-refractivity contribution in [2.24, 2.45) is 35.0 Å². The summed E-state index contributed by atoms with van der Waals surface area (Å²) in [7, 11) is 9.72. The van der Waals surface area contributed by atoms with Gasteiger partial charge in [-0.2, -0.15) is 13.2 Å². The minimum absolute atomic E-state index is 0.0212. The summed E-state index contributed by atoms with van der Waals surface area (Å²) in [5.41, 5.74) is -2.35. The van der Waals surface area contributed by atoms with Crippen molar-refractivity contribution in [1.82, 2.24) is 60.0 Å². The van der Waals surface area contributed by atoms with E-state index >= 15 is 42.3 Å². The van der Waals surface area contributed by atoms with Crippen LogP contribution >= 0.6 is 0 Å². The van der Waals surface area contributed by atoms with Crippen molar-refractivity contribution in [2.45, 2.75) is 299 Å². The number of likely N-dealkylation sites (N-methyl/N-ethyl adjacent to an activating group) is 6. The fourth-order valence-electron chi connectivity index (χ4n) is 18.2. The summed E-state index contributed by atoms with van der Waals surface area (Å²) in [5, 5.41) is 8.60. The highest BCUT2D eigenvalue weighted by Gasteiger charge is 2.60. The van der Waals surface area contributed by atoms with Gasteiger partial charge in [-0.1, -0.05) is 72.5 Å². The number of fused-ring (bicyclic) bond motifs is 3. The predicted molar refractivity (Wildman–Crippen MR) is 393 cm³/mol. The first-order valence-electron chi connectivity index (χ1n) is 39.8. The van der Waals surface area contributed by atoms with Crippen LogP contribution < -0.4 is 16.0 Å². The van der Waals surface area contributed by atoms with Crippen molar-refractivity contribution < 1.29 is 93.0 Å². The van der Waals surface area contributed by atoms with Crippen LogP contribution in [0.25, 0.3) is 0 Å². The lowest BCUT2D eigenvalue weighted by Gasteiger charge is -2.54. The standard InChI is InChI=1S/C78H121F7N12O13/c1-15-22-55-66(101)87-64(46(5)16-2)72(107)96(50-27-28-50)42-62(100)92(12)56-25-18-17-21-34-95(71(56)106)59(37-47-30-32-77(81,82)33-31-47)70(105)90(10)41-60(98)86-54(29-26-48-35-52(79)63(53(80)36-48)78(83,84)85)68(103)97-40-51(110-45(3)4)38-57(97)67(102)88-76(43-75(6,7)44-76)74(109)94(14)65(49-23-19-20-24-49)73(108)93(13)58(69(104)89(8)9)39-61(99)91(55)11/h17-18,45-59,63-65H,15-16,19-44H2,1-14H3,(H,86,98)(H,87,101)(H,88,102)/b18-17-/t46-,48?,51+,52?,53?,54-,55-,56-,57-,58-,59-,63?,64-,65-/m0/s1. The van der Waals surface area contributed by atoms with E-state index in [0.717, 1.165) is 14.7 Å². The van der Waals surface area contributed by atoms with E-state index in [1.54, 1.807) is 39.8 Å². The van der Waals surface area contributed by atoms with Gasteiger partial charge in [0.2, 0.25) is 76.8 Å². The SMILES string of the molecule is CCC[C@H]1C(=O)N[C@@H]([C@@H](C)CC)C(=O)N(C2CC2)CC(=O)N(C)[C@H]2C/C=C\CCN(C2=O)[C@@H](CC2CCC(F)(F)CC2)C(=O)N(C)CC(=O)N[C@@H](CCC2CC(F)C(C(F)(F)F)C(F)C2)C(=O)N2C[C@H](OC(C)C)C[C@H]2C(=O)NC2(CC(C)(C)C2)C(=O)N(C)[C@@H](C2CCCC2)C(=O)N(C)[C@H](C(=O)N(C)C)CC(=O)N1C. The number of hydrogen-bond donors (Lipinski definition) is 3. The molecule has 2 bridgehead atoms. The van der Waals surface area contributed by atoms with Gasteiger partial charge in [0.25, 0.3) is 0 Å². The maximum absolute atomic E-state index is 15.8. The Hall–Kier alpha value is -7.15. The normalized spacial score (nSPS) is 31.9. The zero-order valence-electron chi connectivity index (χ0n) is 66.8. The number of amides is 12. The fraction of sp³-hybridized carbons (Fsp3) is 0.821. The lowest BCUT2D eigenvalue weighted by atomic mass is 9.58. The fourth-order valence-corrected chi connectivity index (χ4v) is 18.2. The van der Waals surface area contributed by atoms with Gasteiger partial charge >= 0.3 is 6.18 Å². The van der Waals surface area contributed by atoms with Gasteiger partial charge in [0.05, 0.1) is 25.2 Å². The van der Waals surface area contributed by atoms with Crippen molar-refractivity contribution in [3.63, 3.8) is 0 Å². The second-order valence-electron chi connectivity index (χ2n) is 34.3. The van der Waals surface area contributed by atoms with E-state index in [0.29, 0.717) is 51.4 Å². The molecule has 3 heterocycles. The van der Waals surface area contributed by atoms with Gasteiger partial charge in [-0.3, -0.25) is 57.5 Å². The van der Waals surface area contributed by atoms with E-state index in [4.69, 9.17) is 4.74 Å². The van der Waals surface area contributed by atoms with Gasteiger partial charge in [0.1, 0.15) is 78.7 Å². The number of nitrogens with one attached hydrogen (secondary N) is 3. The number of carbonyl (C=O) groups is 12. The Morgan fingerprint density at radius 1 is 0.664 bits per heavy atom. The van der Waals surface area contributed by atoms with Crippen LogP contribution in [-0.2, 0) is 62.3 Å². The van der Waals surface area contributed by atoms with Crippen LogP contribution in [0.1, 0.15) is 203 Å². The minimum Gasteiger partial charge on any atom is -0.374 e. The second-order valence-corrected chi connectivity index (χ2v) is 34.3. The molecule has 3 aliphatic heterocycles. The largest absolute Gasteiger partial charge is 0.397 e. The molecule has 1 spiro atoms. The van der Waals surface area contributed by atoms with E-state index in [-0.39, 0.29) is 77.3 Å². The number of nitrogens with zero attached hydrogens (tertiary/aromatic N) is 9. The molecule has 2 saturated heterocycles. The third-order valence-corrected chi connectivity index (χ3v) is 24.5. The van der Waals surface area contributed by atoms with Crippen molar-refractivity contribution in [3.8, 4) is 0 Å². The third kappa shape index (κ3) is 21.2. The third-order valence-electron chi connectivity index (χ3n) is 24.5. The minimum atomic E-state index is -5.21. The Morgan fingerprint density at radius 2 is 1.29 bits per heavy atom. The maximum atomic E-state index is 15.8. The average molecular weight is 1570 g/mol. The van der Waals surface area contributed by atoms with Crippen LogP contribution in [0, 0.1) is 35.0 Å². The topological polar surface area (TPSA) is 279 Å². The molecule has 110 heavy (non-hydrogen) atoms. The zero-order valence-corrected chi connectivity index (χ0v) is 66.8. The van der Waals surface area contributed by atoms with Gasteiger partial charge in [-0.25, -0.2) is 17.6 Å². The number of alkyl halides is 7. The molecule has 12 atom stereocenters. The summed E-state index contributed by atoms with van der Waals surface area (Å²) in [6, 6.07) is -11.7. The van der Waals surface area contributed by atoms with Gasteiger partial charge < -0.3 is 64.8 Å². The lowest BCUT2D eigenvalue weighted by molar-refractivity contribution is -0.219. The van der Waals surface area contributed by atoms with Crippen LogP contribution in [0.4, 0.5) is 30.7 Å². The van der Waals surface area contributed by atoms with Gasteiger partial charge in [0.15, 0.2) is 0 Å². The van der Waals surface area contributed by atoms with Gasteiger partial charge in [-0.05, 0) is 146 Å². The number of ether oxygens (including phenoxy) is 1. The highest BCUT2D eigenvalue weighted by molar-refractivity contribution is 6.01. The highest BCUT2D eigenvalue weighted by Crippen LogP contribution is 2.50. The molecular formula is C78H121F7N12O13. The Labute approximate surface area is 643 Å². The summed E-state index contributed by atoms with van der Waals surface area (Å²) in [4.78, 5) is 194. The Morgan fingerprint density at radius 3 is 1.85 bits per heavy atom. The van der Waals surface area contributed by atoms with Crippen molar-refractivity contribution >= 4 is 70.9 Å². The van der Waals surface area contributed by atoms with Gasteiger partial charge in [-0.15, -0.1) is 0 Å². The van der Waals surface area contributed by atoms with Gasteiger partial charge in [0, 0.05) is 87.7 Å². The molecule has 0 aromatic carbocycles. The quantitative estimate of drug-likeness (QED) is 0.116. The molecule has 7 fully saturated rings. The van der Waals surface area contributed by atoms with Crippen LogP contribution in [0.15, 0.2) is 12.2 Å². The van der Waals surface area contributed by atoms with Crippen molar-refractivity contribution in [1.29, 1.82) is 0 Å².